The van der Waals surface area contributed by atoms with E-state index in [0.29, 0.717) is 29.0 Å². The SMILES string of the molecule is COc1cc(C=O)cc2c1OC(C)(C)C(=O)N2CC(O)CO. The smallest absolute Gasteiger partial charge is 0.270 e. The number of carbonyl (C=O) groups is 2. The van der Waals surface area contributed by atoms with Gasteiger partial charge in [-0.25, -0.2) is 0 Å². The van der Waals surface area contributed by atoms with E-state index in [9.17, 15) is 14.7 Å². The molecular weight excluding hydrogens is 290 g/mol. The van der Waals surface area contributed by atoms with Crippen molar-refractivity contribution in [1.82, 2.24) is 0 Å². The first-order chi connectivity index (χ1) is 10.3. The summed E-state index contributed by atoms with van der Waals surface area (Å²) in [5.74, 6) is 0.268. The highest BCUT2D eigenvalue weighted by atomic mass is 16.5. The maximum absolute atomic E-state index is 12.5. The van der Waals surface area contributed by atoms with Gasteiger partial charge in [0.1, 0.15) is 6.29 Å². The molecule has 7 heteroatoms. The summed E-state index contributed by atoms with van der Waals surface area (Å²) in [6, 6.07) is 3.00. The first kappa shape index (κ1) is 16.3. The van der Waals surface area contributed by atoms with Crippen LogP contribution in [0.5, 0.6) is 11.5 Å². The van der Waals surface area contributed by atoms with E-state index in [1.165, 1.54) is 24.1 Å². The van der Waals surface area contributed by atoms with Crippen LogP contribution in [-0.4, -0.2) is 54.4 Å². The van der Waals surface area contributed by atoms with E-state index in [-0.39, 0.29) is 12.5 Å². The Kier molecular flexibility index (Phi) is 4.39. The number of hydrogen-bond donors (Lipinski definition) is 2. The average molecular weight is 309 g/mol. The highest BCUT2D eigenvalue weighted by Crippen LogP contribution is 2.45. The first-order valence-corrected chi connectivity index (χ1v) is 6.81. The second-order valence-corrected chi connectivity index (χ2v) is 5.55. The monoisotopic (exact) mass is 309 g/mol. The van der Waals surface area contributed by atoms with Gasteiger partial charge in [-0.3, -0.25) is 9.59 Å². The van der Waals surface area contributed by atoms with E-state index >= 15 is 0 Å². The number of rotatable bonds is 5. The fourth-order valence-electron chi connectivity index (χ4n) is 2.31. The van der Waals surface area contributed by atoms with Gasteiger partial charge < -0.3 is 24.6 Å². The summed E-state index contributed by atoms with van der Waals surface area (Å²) < 4.78 is 11.0. The zero-order valence-corrected chi connectivity index (χ0v) is 12.7. The lowest BCUT2D eigenvalue weighted by molar-refractivity contribution is -0.133. The Morgan fingerprint density at radius 3 is 2.68 bits per heavy atom. The van der Waals surface area contributed by atoms with Crippen LogP contribution in [0.4, 0.5) is 5.69 Å². The molecule has 1 aromatic rings. The van der Waals surface area contributed by atoms with Gasteiger partial charge in [0.05, 0.1) is 32.1 Å². The normalized spacial score (nSPS) is 17.5. The number of methoxy groups -OCH3 is 1. The second kappa shape index (κ2) is 5.94. The highest BCUT2D eigenvalue weighted by molar-refractivity contribution is 6.03. The van der Waals surface area contributed by atoms with Gasteiger partial charge >= 0.3 is 0 Å². The number of nitrogens with zero attached hydrogens (tertiary/aromatic N) is 1. The van der Waals surface area contributed by atoms with Gasteiger partial charge in [-0.05, 0) is 26.0 Å². The van der Waals surface area contributed by atoms with Crippen molar-refractivity contribution in [3.8, 4) is 11.5 Å². The number of aliphatic hydroxyl groups excluding tert-OH is 2. The van der Waals surface area contributed by atoms with Crippen molar-refractivity contribution in [3.63, 3.8) is 0 Å². The molecule has 120 valence electrons. The zero-order chi connectivity index (χ0) is 16.5. The third kappa shape index (κ3) is 2.77. The Labute approximate surface area is 128 Å². The topological polar surface area (TPSA) is 96.3 Å². The number of aliphatic hydroxyl groups is 2. The molecule has 0 fully saturated rings. The van der Waals surface area contributed by atoms with E-state index in [1.54, 1.807) is 13.8 Å². The maximum Gasteiger partial charge on any atom is 0.270 e. The van der Waals surface area contributed by atoms with E-state index in [0.717, 1.165) is 0 Å². The molecule has 1 amide bonds. The number of amides is 1. The van der Waals surface area contributed by atoms with E-state index in [1.807, 2.05) is 0 Å². The van der Waals surface area contributed by atoms with Crippen molar-refractivity contribution >= 4 is 17.9 Å². The van der Waals surface area contributed by atoms with Gasteiger partial charge in [-0.15, -0.1) is 0 Å². The third-order valence-electron chi connectivity index (χ3n) is 3.43. The lowest BCUT2D eigenvalue weighted by Gasteiger charge is -2.40. The van der Waals surface area contributed by atoms with Crippen LogP contribution in [0.15, 0.2) is 12.1 Å². The minimum atomic E-state index is -1.15. The molecule has 1 aliphatic rings. The van der Waals surface area contributed by atoms with Crippen LogP contribution in [0.2, 0.25) is 0 Å². The lowest BCUT2D eigenvalue weighted by atomic mass is 10.0. The predicted molar refractivity (Wildman–Crippen MR) is 78.5 cm³/mol. The van der Waals surface area contributed by atoms with E-state index in [4.69, 9.17) is 14.6 Å². The molecule has 1 heterocycles. The van der Waals surface area contributed by atoms with Gasteiger partial charge in [-0.2, -0.15) is 0 Å². The molecule has 22 heavy (non-hydrogen) atoms. The Morgan fingerprint density at radius 2 is 2.14 bits per heavy atom. The van der Waals surface area contributed by atoms with E-state index in [2.05, 4.69) is 0 Å². The van der Waals surface area contributed by atoms with Crippen molar-refractivity contribution in [2.45, 2.75) is 25.6 Å². The number of hydrogen-bond acceptors (Lipinski definition) is 6. The Balaban J connectivity index is 2.60. The van der Waals surface area contributed by atoms with Gasteiger partial charge in [0.2, 0.25) is 0 Å². The largest absolute Gasteiger partial charge is 0.493 e. The summed E-state index contributed by atoms with van der Waals surface area (Å²) in [5, 5.41) is 18.7. The molecule has 0 bridgehead atoms. The Morgan fingerprint density at radius 1 is 1.45 bits per heavy atom. The molecule has 0 aliphatic carbocycles. The number of aldehydes is 1. The molecule has 1 aliphatic heterocycles. The highest BCUT2D eigenvalue weighted by Gasteiger charge is 2.43. The van der Waals surface area contributed by atoms with Crippen LogP contribution < -0.4 is 14.4 Å². The number of anilines is 1. The van der Waals surface area contributed by atoms with Crippen LogP contribution in [0, 0.1) is 0 Å². The molecule has 1 atom stereocenters. The third-order valence-corrected chi connectivity index (χ3v) is 3.43. The standard InChI is InChI=1S/C15H19NO6/c1-15(2)14(20)16(6-10(19)8-18)11-4-9(7-17)5-12(21-3)13(11)22-15/h4-5,7,10,18-19H,6,8H2,1-3H3. The minimum Gasteiger partial charge on any atom is -0.493 e. The Bertz CT molecular complexity index is 598. The van der Waals surface area contributed by atoms with Crippen LogP contribution in [0.3, 0.4) is 0 Å². The van der Waals surface area contributed by atoms with Crippen LogP contribution >= 0.6 is 0 Å². The van der Waals surface area contributed by atoms with Crippen LogP contribution in [-0.2, 0) is 4.79 Å². The molecule has 0 saturated carbocycles. The van der Waals surface area contributed by atoms with Crippen molar-refractivity contribution < 1.29 is 29.3 Å². The zero-order valence-electron chi connectivity index (χ0n) is 12.7. The molecule has 0 radical (unpaired) electrons. The van der Waals surface area contributed by atoms with Crippen molar-refractivity contribution in [2.75, 3.05) is 25.2 Å². The molecular formula is C15H19NO6. The quantitative estimate of drug-likeness (QED) is 0.763. The van der Waals surface area contributed by atoms with Crippen LogP contribution in [0.25, 0.3) is 0 Å². The average Bonchev–Trinajstić information content (AvgIpc) is 2.50. The fourth-order valence-corrected chi connectivity index (χ4v) is 2.31. The summed E-state index contributed by atoms with van der Waals surface area (Å²) in [7, 11) is 1.43. The Hall–Kier alpha value is -2.12. The van der Waals surface area contributed by atoms with Gasteiger partial charge in [-0.1, -0.05) is 0 Å². The molecule has 1 aromatic carbocycles. The minimum absolute atomic E-state index is 0.111. The molecule has 2 rings (SSSR count). The summed E-state index contributed by atoms with van der Waals surface area (Å²) in [5.41, 5.74) is -0.508. The number of ether oxygens (including phenoxy) is 2. The second-order valence-electron chi connectivity index (χ2n) is 5.55. The van der Waals surface area contributed by atoms with Crippen molar-refractivity contribution in [3.05, 3.63) is 17.7 Å². The van der Waals surface area contributed by atoms with Crippen molar-refractivity contribution in [1.29, 1.82) is 0 Å². The number of fused-ring (bicyclic) bond motifs is 1. The molecule has 0 aromatic heterocycles. The number of benzene rings is 1. The molecule has 1 unspecified atom stereocenters. The molecule has 0 saturated heterocycles. The summed E-state index contributed by atoms with van der Waals surface area (Å²) >= 11 is 0. The fraction of sp³-hybridized carbons (Fsp3) is 0.467. The number of carbonyl (C=O) groups excluding carboxylic acids is 2. The predicted octanol–water partition coefficient (Wildman–Crippen LogP) is 0.365. The summed E-state index contributed by atoms with van der Waals surface area (Å²) in [6.45, 7) is 2.61. The number of β-amino-alcohol motifs (C(OH)–C–C–N with tert-alkyl or cyclic N) is 1. The van der Waals surface area contributed by atoms with Gasteiger partial charge in [0.25, 0.3) is 5.91 Å². The van der Waals surface area contributed by atoms with Gasteiger partial charge in [0.15, 0.2) is 17.1 Å². The lowest BCUT2D eigenvalue weighted by Crippen LogP contribution is -2.54. The molecule has 2 N–H and O–H groups in total. The van der Waals surface area contributed by atoms with E-state index < -0.39 is 18.3 Å². The summed E-state index contributed by atoms with van der Waals surface area (Å²) in [4.78, 5) is 24.9. The molecule has 7 nitrogen and oxygen atoms in total. The van der Waals surface area contributed by atoms with Crippen molar-refractivity contribution in [2.24, 2.45) is 0 Å². The van der Waals surface area contributed by atoms with Crippen LogP contribution in [0.1, 0.15) is 24.2 Å². The summed E-state index contributed by atoms with van der Waals surface area (Å²) in [6.07, 6.45) is -0.468. The first-order valence-electron chi connectivity index (χ1n) is 6.81. The van der Waals surface area contributed by atoms with Gasteiger partial charge in [0, 0.05) is 5.56 Å². The molecule has 0 spiro atoms. The maximum atomic E-state index is 12.5.